The Kier molecular flexibility index (Phi) is 3.66. The minimum absolute atomic E-state index is 0.148. The molecular weight excluding hydrogens is 216 g/mol. The van der Waals surface area contributed by atoms with Gasteiger partial charge in [-0.2, -0.15) is 5.10 Å². The van der Waals surface area contributed by atoms with E-state index in [1.165, 1.54) is 12.8 Å². The molecule has 0 bridgehead atoms. The second-order valence-electron chi connectivity index (χ2n) is 4.67. The van der Waals surface area contributed by atoms with Crippen LogP contribution in [-0.4, -0.2) is 33.7 Å². The van der Waals surface area contributed by atoms with Gasteiger partial charge in [-0.3, -0.25) is 9.48 Å². The Balaban J connectivity index is 2.03. The van der Waals surface area contributed by atoms with Crippen LogP contribution < -0.4 is 5.73 Å². The van der Waals surface area contributed by atoms with Gasteiger partial charge >= 0.3 is 0 Å². The molecule has 17 heavy (non-hydrogen) atoms. The second-order valence-corrected chi connectivity index (χ2v) is 4.67. The molecular formula is C12H20N4O. The van der Waals surface area contributed by atoms with Gasteiger partial charge in [0.15, 0.2) is 0 Å². The van der Waals surface area contributed by atoms with Gasteiger partial charge in [0.1, 0.15) is 6.04 Å². The van der Waals surface area contributed by atoms with Crippen molar-refractivity contribution < 1.29 is 4.79 Å². The Morgan fingerprint density at radius 2 is 2.00 bits per heavy atom. The summed E-state index contributed by atoms with van der Waals surface area (Å²) < 4.78 is 1.64. The van der Waals surface area contributed by atoms with Crippen molar-refractivity contribution in [3.8, 4) is 0 Å². The average molecular weight is 236 g/mol. The van der Waals surface area contributed by atoms with Crippen LogP contribution in [0.5, 0.6) is 0 Å². The zero-order valence-corrected chi connectivity index (χ0v) is 10.3. The first-order valence-corrected chi connectivity index (χ1v) is 6.27. The van der Waals surface area contributed by atoms with Gasteiger partial charge in [-0.15, -0.1) is 0 Å². The van der Waals surface area contributed by atoms with Crippen LogP contribution in [0.25, 0.3) is 0 Å². The van der Waals surface area contributed by atoms with Gasteiger partial charge in [0.2, 0.25) is 5.91 Å². The van der Waals surface area contributed by atoms with E-state index in [-0.39, 0.29) is 11.9 Å². The molecule has 0 radical (unpaired) electrons. The number of aromatic nitrogens is 2. The van der Waals surface area contributed by atoms with E-state index >= 15 is 0 Å². The van der Waals surface area contributed by atoms with Crippen LogP contribution in [0.2, 0.25) is 0 Å². The molecule has 5 heteroatoms. The van der Waals surface area contributed by atoms with Gasteiger partial charge in [0, 0.05) is 19.3 Å². The zero-order valence-electron chi connectivity index (χ0n) is 10.3. The van der Waals surface area contributed by atoms with Crippen molar-refractivity contribution in [1.82, 2.24) is 14.7 Å². The van der Waals surface area contributed by atoms with E-state index in [0.717, 1.165) is 25.9 Å². The number of likely N-dealkylation sites (tertiary alicyclic amines) is 1. The molecule has 0 aliphatic carbocycles. The maximum Gasteiger partial charge on any atom is 0.247 e. The summed E-state index contributed by atoms with van der Waals surface area (Å²) >= 11 is 0. The van der Waals surface area contributed by atoms with Crippen LogP contribution in [0.1, 0.15) is 38.6 Å². The lowest BCUT2D eigenvalue weighted by Crippen LogP contribution is -2.37. The lowest BCUT2D eigenvalue weighted by Gasteiger charge is -2.24. The summed E-state index contributed by atoms with van der Waals surface area (Å²) in [5.74, 6) is 0.148. The van der Waals surface area contributed by atoms with Crippen LogP contribution in [0, 0.1) is 0 Å². The molecule has 0 spiro atoms. The van der Waals surface area contributed by atoms with Crippen molar-refractivity contribution in [1.29, 1.82) is 0 Å². The maximum absolute atomic E-state index is 12.3. The maximum atomic E-state index is 12.3. The minimum atomic E-state index is -0.259. The summed E-state index contributed by atoms with van der Waals surface area (Å²) in [5.41, 5.74) is 6.21. The highest BCUT2D eigenvalue weighted by Crippen LogP contribution is 2.15. The Labute approximate surface area is 102 Å². The highest BCUT2D eigenvalue weighted by Gasteiger charge is 2.22. The summed E-state index contributed by atoms with van der Waals surface area (Å²) in [4.78, 5) is 14.2. The third kappa shape index (κ3) is 2.78. The number of nitrogen functional groups attached to an aromatic ring is 1. The molecule has 1 fully saturated rings. The van der Waals surface area contributed by atoms with Crippen LogP contribution in [0.4, 0.5) is 5.69 Å². The lowest BCUT2D eigenvalue weighted by molar-refractivity contribution is -0.134. The molecule has 1 aliphatic heterocycles. The van der Waals surface area contributed by atoms with Gasteiger partial charge in [0.25, 0.3) is 0 Å². The monoisotopic (exact) mass is 236 g/mol. The minimum Gasteiger partial charge on any atom is -0.396 e. The molecule has 5 nitrogen and oxygen atoms in total. The van der Waals surface area contributed by atoms with Crippen LogP contribution in [0.3, 0.4) is 0 Å². The molecule has 1 aromatic rings. The van der Waals surface area contributed by atoms with E-state index in [4.69, 9.17) is 5.73 Å². The first-order valence-electron chi connectivity index (χ1n) is 6.27. The first-order chi connectivity index (χ1) is 8.18. The van der Waals surface area contributed by atoms with Gasteiger partial charge in [-0.05, 0) is 19.8 Å². The van der Waals surface area contributed by atoms with Crippen molar-refractivity contribution in [2.45, 2.75) is 38.6 Å². The number of nitrogens with two attached hydrogens (primary N) is 1. The van der Waals surface area contributed by atoms with Gasteiger partial charge < -0.3 is 10.6 Å². The SMILES string of the molecule is CC(C(=O)N1CCCCCC1)n1cc(N)cn1. The van der Waals surface area contributed by atoms with E-state index in [1.807, 2.05) is 11.8 Å². The van der Waals surface area contributed by atoms with E-state index < -0.39 is 0 Å². The average Bonchev–Trinajstić information content (AvgIpc) is 2.60. The van der Waals surface area contributed by atoms with Gasteiger partial charge in [0.05, 0.1) is 11.9 Å². The predicted molar refractivity (Wildman–Crippen MR) is 66.4 cm³/mol. The molecule has 1 atom stereocenters. The second kappa shape index (κ2) is 5.21. The third-order valence-electron chi connectivity index (χ3n) is 3.29. The number of carbonyl (C=O) groups excluding carboxylic acids is 1. The standard InChI is InChI=1S/C12H20N4O/c1-10(16-9-11(13)8-14-16)12(17)15-6-4-2-3-5-7-15/h8-10H,2-7,13H2,1H3. The summed E-state index contributed by atoms with van der Waals surface area (Å²) in [7, 11) is 0. The molecule has 2 N–H and O–H groups in total. The molecule has 1 aromatic heterocycles. The molecule has 0 aromatic carbocycles. The number of rotatable bonds is 2. The van der Waals surface area contributed by atoms with Gasteiger partial charge in [-0.1, -0.05) is 12.8 Å². The summed E-state index contributed by atoms with van der Waals surface area (Å²) in [6.07, 6.45) is 7.96. The molecule has 1 saturated heterocycles. The van der Waals surface area contributed by atoms with Crippen molar-refractivity contribution >= 4 is 11.6 Å². The topological polar surface area (TPSA) is 64.2 Å². The molecule has 1 unspecified atom stereocenters. The van der Waals surface area contributed by atoms with E-state index in [0.29, 0.717) is 5.69 Å². The third-order valence-corrected chi connectivity index (χ3v) is 3.29. The van der Waals surface area contributed by atoms with Gasteiger partial charge in [-0.25, -0.2) is 0 Å². The van der Waals surface area contributed by atoms with Crippen molar-refractivity contribution in [2.24, 2.45) is 0 Å². The quantitative estimate of drug-likeness (QED) is 0.844. The first kappa shape index (κ1) is 12.0. The van der Waals surface area contributed by atoms with Crippen LogP contribution >= 0.6 is 0 Å². The largest absolute Gasteiger partial charge is 0.396 e. The van der Waals surface area contributed by atoms with E-state index in [1.54, 1.807) is 17.1 Å². The fourth-order valence-electron chi connectivity index (χ4n) is 2.23. The number of carbonyl (C=O) groups is 1. The fraction of sp³-hybridized carbons (Fsp3) is 0.667. The number of hydrogen-bond donors (Lipinski definition) is 1. The Morgan fingerprint density at radius 1 is 1.35 bits per heavy atom. The Hall–Kier alpha value is -1.52. The number of anilines is 1. The molecule has 2 rings (SSSR count). The molecule has 94 valence electrons. The molecule has 1 amide bonds. The predicted octanol–water partition coefficient (Wildman–Crippen LogP) is 1.43. The van der Waals surface area contributed by atoms with Crippen LogP contribution in [0.15, 0.2) is 12.4 Å². The Morgan fingerprint density at radius 3 is 2.53 bits per heavy atom. The highest BCUT2D eigenvalue weighted by molar-refractivity contribution is 5.80. The summed E-state index contributed by atoms with van der Waals surface area (Å²) in [5, 5.41) is 4.10. The number of hydrogen-bond acceptors (Lipinski definition) is 3. The smallest absolute Gasteiger partial charge is 0.247 e. The molecule has 1 aliphatic rings. The van der Waals surface area contributed by atoms with Crippen molar-refractivity contribution in [2.75, 3.05) is 18.8 Å². The van der Waals surface area contributed by atoms with Crippen molar-refractivity contribution in [3.05, 3.63) is 12.4 Å². The van der Waals surface area contributed by atoms with Crippen molar-refractivity contribution in [3.63, 3.8) is 0 Å². The Bertz CT molecular complexity index is 380. The summed E-state index contributed by atoms with van der Waals surface area (Å²) in [6, 6.07) is -0.259. The van der Waals surface area contributed by atoms with E-state index in [9.17, 15) is 4.79 Å². The van der Waals surface area contributed by atoms with E-state index in [2.05, 4.69) is 5.10 Å². The lowest BCUT2D eigenvalue weighted by atomic mass is 10.2. The highest BCUT2D eigenvalue weighted by atomic mass is 16.2. The zero-order chi connectivity index (χ0) is 12.3. The number of nitrogens with zero attached hydrogens (tertiary/aromatic N) is 3. The van der Waals surface area contributed by atoms with Crippen LogP contribution in [-0.2, 0) is 4.79 Å². The number of amides is 1. The fourth-order valence-corrected chi connectivity index (χ4v) is 2.23. The molecule has 0 saturated carbocycles. The normalized spacial score (nSPS) is 18.8. The molecule has 2 heterocycles. The summed E-state index contributed by atoms with van der Waals surface area (Å²) in [6.45, 7) is 3.62.